The van der Waals surface area contributed by atoms with Crippen molar-refractivity contribution in [1.82, 2.24) is 4.90 Å². The summed E-state index contributed by atoms with van der Waals surface area (Å²) >= 11 is 0. The van der Waals surface area contributed by atoms with E-state index in [2.05, 4.69) is 18.2 Å². The van der Waals surface area contributed by atoms with E-state index >= 15 is 0 Å². The molecule has 0 spiro atoms. The second kappa shape index (κ2) is 4.30. The molecular formula is C13H18N2. The second-order valence-electron chi connectivity index (χ2n) is 3.82. The highest BCUT2D eigenvalue weighted by Gasteiger charge is 2.15. The molecule has 0 bridgehead atoms. The number of allylic oxidation sites excluding steroid dienone is 4. The molecule has 0 aliphatic carbocycles. The first-order valence-electron chi connectivity index (χ1n) is 4.99. The first kappa shape index (κ1) is 11.5. The number of nitrogens with zero attached hydrogens (tertiary/aromatic N) is 2. The lowest BCUT2D eigenvalue weighted by Gasteiger charge is -2.27. The number of rotatable bonds is 2. The Balaban J connectivity index is 3.30. The van der Waals surface area contributed by atoms with Crippen molar-refractivity contribution in [3.63, 3.8) is 0 Å². The normalized spacial score (nSPS) is 19.3. The third kappa shape index (κ3) is 2.27. The average molecular weight is 202 g/mol. The number of hydrogen-bond donors (Lipinski definition) is 0. The van der Waals surface area contributed by atoms with Crippen molar-refractivity contribution >= 4 is 5.71 Å². The first-order chi connectivity index (χ1) is 6.97. The van der Waals surface area contributed by atoms with Crippen LogP contribution in [0, 0.1) is 0 Å². The summed E-state index contributed by atoms with van der Waals surface area (Å²) in [6, 6.07) is 0. The van der Waals surface area contributed by atoms with Crippen molar-refractivity contribution in [2.45, 2.75) is 27.7 Å². The largest absolute Gasteiger partial charge is 0.306 e. The molecule has 0 saturated carbocycles. The Labute approximate surface area is 92.0 Å². The Morgan fingerprint density at radius 1 is 1.40 bits per heavy atom. The topological polar surface area (TPSA) is 15.6 Å². The molecule has 0 unspecified atom stereocenters. The first-order valence-corrected chi connectivity index (χ1v) is 4.99. The molecule has 0 radical (unpaired) electrons. The lowest BCUT2D eigenvalue weighted by atomic mass is 10.1. The van der Waals surface area contributed by atoms with Crippen LogP contribution in [0.1, 0.15) is 27.7 Å². The minimum Gasteiger partial charge on any atom is -0.306 e. The monoisotopic (exact) mass is 202 g/mol. The Hall–Kier alpha value is -1.57. The Morgan fingerprint density at radius 2 is 2.00 bits per heavy atom. The van der Waals surface area contributed by atoms with Gasteiger partial charge in [0.1, 0.15) is 5.82 Å². The number of aliphatic imine (C=N–C) groups is 1. The molecule has 80 valence electrons. The van der Waals surface area contributed by atoms with Crippen LogP contribution < -0.4 is 0 Å². The average Bonchev–Trinajstić information content (AvgIpc) is 2.15. The predicted octanol–water partition coefficient (Wildman–Crippen LogP) is 3.62. The molecule has 0 N–H and O–H groups in total. The van der Waals surface area contributed by atoms with Crippen LogP contribution in [0.5, 0.6) is 0 Å². The van der Waals surface area contributed by atoms with Crippen LogP contribution in [0.3, 0.4) is 0 Å². The van der Waals surface area contributed by atoms with Gasteiger partial charge in [-0.15, -0.1) is 0 Å². The molecule has 0 amide bonds. The van der Waals surface area contributed by atoms with Crippen molar-refractivity contribution in [3.05, 3.63) is 48.1 Å². The third-order valence-electron chi connectivity index (χ3n) is 2.47. The van der Waals surface area contributed by atoms with E-state index in [0.29, 0.717) is 0 Å². The van der Waals surface area contributed by atoms with Crippen LogP contribution >= 0.6 is 0 Å². The standard InChI is InChI=1S/C13H18N2/c1-7-15-11(5)8-10(4)14-13(15)12(6)9(2)3/h7-8H,1-2H2,3-6H3/b13-12+. The van der Waals surface area contributed by atoms with E-state index in [4.69, 9.17) is 0 Å². The minimum absolute atomic E-state index is 0.926. The van der Waals surface area contributed by atoms with Gasteiger partial charge in [0.25, 0.3) is 0 Å². The highest BCUT2D eigenvalue weighted by atomic mass is 15.2. The van der Waals surface area contributed by atoms with Crippen molar-refractivity contribution in [2.75, 3.05) is 0 Å². The lowest BCUT2D eigenvalue weighted by molar-refractivity contribution is 0.557. The minimum atomic E-state index is 0.926. The van der Waals surface area contributed by atoms with Gasteiger partial charge in [-0.2, -0.15) is 0 Å². The van der Waals surface area contributed by atoms with Crippen molar-refractivity contribution in [2.24, 2.45) is 4.99 Å². The highest BCUT2D eigenvalue weighted by molar-refractivity contribution is 5.95. The lowest BCUT2D eigenvalue weighted by Crippen LogP contribution is -2.19. The third-order valence-corrected chi connectivity index (χ3v) is 2.47. The second-order valence-corrected chi connectivity index (χ2v) is 3.82. The fourth-order valence-corrected chi connectivity index (χ4v) is 1.48. The molecule has 0 atom stereocenters. The molecule has 1 rings (SSSR count). The SMILES string of the molecule is C=CN1C(C)=CC(C)=N/C1=C(/C)C(=C)C. The van der Waals surface area contributed by atoms with Crippen molar-refractivity contribution in [1.29, 1.82) is 0 Å². The molecule has 0 aromatic carbocycles. The maximum absolute atomic E-state index is 4.52. The quantitative estimate of drug-likeness (QED) is 0.667. The van der Waals surface area contributed by atoms with Crippen molar-refractivity contribution in [3.8, 4) is 0 Å². The van der Waals surface area contributed by atoms with Gasteiger partial charge in [-0.25, -0.2) is 4.99 Å². The molecule has 15 heavy (non-hydrogen) atoms. The zero-order valence-corrected chi connectivity index (χ0v) is 9.96. The van der Waals surface area contributed by atoms with Gasteiger partial charge in [0, 0.05) is 17.6 Å². The Morgan fingerprint density at radius 3 is 2.47 bits per heavy atom. The van der Waals surface area contributed by atoms with Gasteiger partial charge >= 0.3 is 0 Å². The summed E-state index contributed by atoms with van der Waals surface area (Å²) < 4.78 is 0. The maximum Gasteiger partial charge on any atom is 0.140 e. The summed E-state index contributed by atoms with van der Waals surface area (Å²) in [5.41, 5.74) is 4.28. The maximum atomic E-state index is 4.52. The van der Waals surface area contributed by atoms with Gasteiger partial charge in [0.05, 0.1) is 0 Å². The smallest absolute Gasteiger partial charge is 0.140 e. The Kier molecular flexibility index (Phi) is 3.30. The predicted molar refractivity (Wildman–Crippen MR) is 66.4 cm³/mol. The van der Waals surface area contributed by atoms with Gasteiger partial charge in [-0.1, -0.05) is 18.7 Å². The van der Waals surface area contributed by atoms with Crippen LogP contribution in [-0.4, -0.2) is 10.6 Å². The van der Waals surface area contributed by atoms with E-state index in [0.717, 1.165) is 28.4 Å². The molecule has 2 nitrogen and oxygen atoms in total. The van der Waals surface area contributed by atoms with E-state index in [9.17, 15) is 0 Å². The molecule has 0 fully saturated rings. The van der Waals surface area contributed by atoms with Gasteiger partial charge in [0.15, 0.2) is 0 Å². The van der Waals surface area contributed by atoms with Crippen LogP contribution in [-0.2, 0) is 0 Å². The fourth-order valence-electron chi connectivity index (χ4n) is 1.48. The molecule has 0 aromatic rings. The molecule has 0 saturated heterocycles. The van der Waals surface area contributed by atoms with Crippen LogP contribution in [0.4, 0.5) is 0 Å². The van der Waals surface area contributed by atoms with Crippen LogP contribution in [0.2, 0.25) is 0 Å². The zero-order chi connectivity index (χ0) is 11.6. The summed E-state index contributed by atoms with van der Waals surface area (Å²) in [6.45, 7) is 15.8. The summed E-state index contributed by atoms with van der Waals surface area (Å²) in [7, 11) is 0. The molecule has 1 aliphatic heterocycles. The van der Waals surface area contributed by atoms with E-state index in [1.165, 1.54) is 0 Å². The van der Waals surface area contributed by atoms with Gasteiger partial charge in [-0.05, 0) is 39.3 Å². The molecule has 1 heterocycles. The van der Waals surface area contributed by atoms with Crippen LogP contribution in [0.15, 0.2) is 53.1 Å². The van der Waals surface area contributed by atoms with Gasteiger partial charge in [0.2, 0.25) is 0 Å². The molecule has 1 aliphatic rings. The van der Waals surface area contributed by atoms with E-state index in [1.807, 2.05) is 38.7 Å². The summed E-state index contributed by atoms with van der Waals surface area (Å²) in [4.78, 5) is 6.50. The zero-order valence-electron chi connectivity index (χ0n) is 9.96. The molecule has 0 aromatic heterocycles. The van der Waals surface area contributed by atoms with Crippen molar-refractivity contribution < 1.29 is 0 Å². The summed E-state index contributed by atoms with van der Waals surface area (Å²) in [5, 5.41) is 0. The Bertz CT molecular complexity index is 395. The van der Waals surface area contributed by atoms with E-state index in [1.54, 1.807) is 6.20 Å². The number of hydrogen-bond acceptors (Lipinski definition) is 2. The highest BCUT2D eigenvalue weighted by Crippen LogP contribution is 2.25. The van der Waals surface area contributed by atoms with E-state index in [-0.39, 0.29) is 0 Å². The van der Waals surface area contributed by atoms with E-state index < -0.39 is 0 Å². The fraction of sp³-hybridized carbons (Fsp3) is 0.308. The molecular weight excluding hydrogens is 184 g/mol. The molecule has 2 heteroatoms. The van der Waals surface area contributed by atoms with Gasteiger partial charge < -0.3 is 4.90 Å². The summed E-state index contributed by atoms with van der Waals surface area (Å²) in [6.07, 6.45) is 3.82. The summed E-state index contributed by atoms with van der Waals surface area (Å²) in [5.74, 6) is 0.926. The van der Waals surface area contributed by atoms with Crippen LogP contribution in [0.25, 0.3) is 0 Å². The van der Waals surface area contributed by atoms with Gasteiger partial charge in [-0.3, -0.25) is 0 Å².